The maximum atomic E-state index is 12.2. The number of hydrogen-bond donors (Lipinski definition) is 3. The largest absolute Gasteiger partial charge is 0.387 e. The van der Waals surface area contributed by atoms with Gasteiger partial charge in [0.25, 0.3) is 0 Å². The van der Waals surface area contributed by atoms with Gasteiger partial charge in [-0.15, -0.1) is 0 Å². The first-order chi connectivity index (χ1) is 14.1. The van der Waals surface area contributed by atoms with Crippen LogP contribution in [0.3, 0.4) is 0 Å². The third-order valence-corrected chi connectivity index (χ3v) is 4.64. The molecule has 0 aliphatic heterocycles. The fourth-order valence-corrected chi connectivity index (χ4v) is 3.09. The highest BCUT2D eigenvalue weighted by atomic mass is 16.3. The number of aliphatic hydroxyl groups excluding tert-OH is 1. The number of nitrogens with one attached hydrogen (secondary N) is 2. The molecular formula is C24H27N3O2. The van der Waals surface area contributed by atoms with Crippen molar-refractivity contribution in [3.63, 3.8) is 0 Å². The highest BCUT2D eigenvalue weighted by molar-refractivity contribution is 5.92. The lowest BCUT2D eigenvalue weighted by Gasteiger charge is -2.12. The van der Waals surface area contributed by atoms with E-state index in [9.17, 15) is 9.90 Å². The van der Waals surface area contributed by atoms with Crippen LogP contribution in [0.5, 0.6) is 0 Å². The van der Waals surface area contributed by atoms with Crippen molar-refractivity contribution in [2.45, 2.75) is 25.9 Å². The van der Waals surface area contributed by atoms with Gasteiger partial charge in [-0.2, -0.15) is 0 Å². The van der Waals surface area contributed by atoms with Crippen molar-refractivity contribution in [2.75, 3.05) is 18.4 Å². The van der Waals surface area contributed by atoms with Crippen LogP contribution >= 0.6 is 0 Å². The highest BCUT2D eigenvalue weighted by Crippen LogP contribution is 2.12. The number of benzene rings is 2. The van der Waals surface area contributed by atoms with Crippen LogP contribution in [0, 0.1) is 6.92 Å². The predicted octanol–water partition coefficient (Wildman–Crippen LogP) is 3.44. The third-order valence-electron chi connectivity index (χ3n) is 4.64. The van der Waals surface area contributed by atoms with Crippen LogP contribution in [0.2, 0.25) is 0 Å². The molecule has 3 N–H and O–H groups in total. The minimum absolute atomic E-state index is 0.0765. The Labute approximate surface area is 171 Å². The molecule has 0 fully saturated rings. The van der Waals surface area contributed by atoms with Crippen LogP contribution < -0.4 is 10.6 Å². The van der Waals surface area contributed by atoms with E-state index in [1.165, 1.54) is 5.56 Å². The summed E-state index contributed by atoms with van der Waals surface area (Å²) in [6, 6.07) is 23.2. The maximum Gasteiger partial charge on any atom is 0.230 e. The zero-order valence-corrected chi connectivity index (χ0v) is 16.6. The van der Waals surface area contributed by atoms with E-state index in [1.807, 2.05) is 79.7 Å². The molecule has 3 aromatic rings. The molecule has 5 nitrogen and oxygen atoms in total. The Morgan fingerprint density at radius 1 is 1.00 bits per heavy atom. The first kappa shape index (κ1) is 20.7. The third kappa shape index (κ3) is 6.82. The van der Waals surface area contributed by atoms with Gasteiger partial charge in [-0.05, 0) is 55.3 Å². The van der Waals surface area contributed by atoms with Gasteiger partial charge in [-0.25, -0.2) is 0 Å². The number of carbonyl (C=O) groups is 1. The highest BCUT2D eigenvalue weighted by Gasteiger charge is 2.07. The number of anilines is 1. The Kier molecular flexibility index (Phi) is 7.50. The summed E-state index contributed by atoms with van der Waals surface area (Å²) in [6.07, 6.45) is 0.608. The van der Waals surface area contributed by atoms with Gasteiger partial charge in [0.05, 0.1) is 12.5 Å². The number of hydrogen-bond acceptors (Lipinski definition) is 4. The quantitative estimate of drug-likeness (QED) is 0.490. The fourth-order valence-electron chi connectivity index (χ4n) is 3.09. The number of rotatable bonds is 9. The van der Waals surface area contributed by atoms with Crippen LogP contribution in [0.1, 0.15) is 28.6 Å². The summed E-state index contributed by atoms with van der Waals surface area (Å²) in [7, 11) is 0. The van der Waals surface area contributed by atoms with E-state index >= 15 is 0 Å². The molecule has 0 aliphatic rings. The molecule has 0 unspecified atom stereocenters. The van der Waals surface area contributed by atoms with Crippen LogP contribution in [0.4, 0.5) is 5.69 Å². The average Bonchev–Trinajstić information content (AvgIpc) is 2.73. The van der Waals surface area contributed by atoms with E-state index in [0.29, 0.717) is 6.54 Å². The lowest BCUT2D eigenvalue weighted by atomic mass is 10.1. The average molecular weight is 389 g/mol. The molecule has 1 atom stereocenters. The van der Waals surface area contributed by atoms with Crippen molar-refractivity contribution < 1.29 is 9.90 Å². The lowest BCUT2D eigenvalue weighted by Crippen LogP contribution is -2.23. The van der Waals surface area contributed by atoms with Gasteiger partial charge in [-0.3, -0.25) is 9.78 Å². The van der Waals surface area contributed by atoms with Crippen molar-refractivity contribution in [1.82, 2.24) is 10.3 Å². The second-order valence-electron chi connectivity index (χ2n) is 7.07. The molecule has 3 rings (SSSR count). The molecule has 0 radical (unpaired) electrons. The van der Waals surface area contributed by atoms with Gasteiger partial charge in [0.15, 0.2) is 0 Å². The van der Waals surface area contributed by atoms with E-state index < -0.39 is 6.10 Å². The molecule has 0 saturated carbocycles. The Hall–Kier alpha value is -3.02. The predicted molar refractivity (Wildman–Crippen MR) is 116 cm³/mol. The number of aliphatic hydroxyl groups is 1. The number of amides is 1. The second kappa shape index (κ2) is 10.5. The Bertz CT molecular complexity index is 911. The van der Waals surface area contributed by atoms with E-state index in [0.717, 1.165) is 35.6 Å². The number of carbonyl (C=O) groups excluding carboxylic acids is 1. The van der Waals surface area contributed by atoms with Crippen LogP contribution in [-0.2, 0) is 17.6 Å². The molecule has 1 heterocycles. The summed E-state index contributed by atoms with van der Waals surface area (Å²) in [6.45, 7) is 3.21. The Morgan fingerprint density at radius 3 is 2.48 bits per heavy atom. The van der Waals surface area contributed by atoms with Gasteiger partial charge in [-0.1, -0.05) is 48.5 Å². The molecular weight excluding hydrogens is 362 g/mol. The number of aromatic nitrogens is 1. The second-order valence-corrected chi connectivity index (χ2v) is 7.07. The van der Waals surface area contributed by atoms with Crippen molar-refractivity contribution in [1.29, 1.82) is 0 Å². The SMILES string of the molecule is Cc1cccc(CC(=O)Nc2ccc(CCNC[C@H](O)c3ccccc3)cc2)n1. The maximum absolute atomic E-state index is 12.2. The minimum atomic E-state index is -0.503. The van der Waals surface area contributed by atoms with E-state index in [2.05, 4.69) is 15.6 Å². The first-order valence-electron chi connectivity index (χ1n) is 9.85. The van der Waals surface area contributed by atoms with Gasteiger partial charge in [0.1, 0.15) is 0 Å². The molecule has 5 heteroatoms. The van der Waals surface area contributed by atoms with Crippen molar-refractivity contribution in [2.24, 2.45) is 0 Å². The molecule has 2 aromatic carbocycles. The Morgan fingerprint density at radius 2 is 1.76 bits per heavy atom. The van der Waals surface area contributed by atoms with Crippen LogP contribution in [0.25, 0.3) is 0 Å². The molecule has 29 heavy (non-hydrogen) atoms. The molecule has 1 amide bonds. The lowest BCUT2D eigenvalue weighted by molar-refractivity contribution is -0.115. The summed E-state index contributed by atoms with van der Waals surface area (Å²) in [4.78, 5) is 16.5. The topological polar surface area (TPSA) is 74.2 Å². The molecule has 0 spiro atoms. The monoisotopic (exact) mass is 389 g/mol. The fraction of sp³-hybridized carbons (Fsp3) is 0.250. The zero-order chi connectivity index (χ0) is 20.5. The van der Waals surface area contributed by atoms with Crippen molar-refractivity contribution in [3.05, 3.63) is 95.3 Å². The van der Waals surface area contributed by atoms with Gasteiger partial charge < -0.3 is 15.7 Å². The summed E-state index contributed by atoms with van der Waals surface area (Å²) < 4.78 is 0. The van der Waals surface area contributed by atoms with E-state index in [4.69, 9.17) is 0 Å². The van der Waals surface area contributed by atoms with Crippen LogP contribution in [-0.4, -0.2) is 29.1 Å². The Balaban J connectivity index is 1.40. The molecule has 0 bridgehead atoms. The van der Waals surface area contributed by atoms with E-state index in [1.54, 1.807) is 0 Å². The minimum Gasteiger partial charge on any atom is -0.387 e. The molecule has 0 aliphatic carbocycles. The van der Waals surface area contributed by atoms with E-state index in [-0.39, 0.29) is 12.3 Å². The summed E-state index contributed by atoms with van der Waals surface area (Å²) in [5.74, 6) is -0.0765. The molecule has 1 aromatic heterocycles. The summed E-state index contributed by atoms with van der Waals surface area (Å²) >= 11 is 0. The normalized spacial score (nSPS) is 11.8. The first-order valence-corrected chi connectivity index (χ1v) is 9.85. The van der Waals surface area contributed by atoms with Gasteiger partial charge in [0.2, 0.25) is 5.91 Å². The van der Waals surface area contributed by atoms with Gasteiger partial charge >= 0.3 is 0 Å². The van der Waals surface area contributed by atoms with Crippen LogP contribution in [0.15, 0.2) is 72.8 Å². The number of aryl methyl sites for hydroxylation is 1. The van der Waals surface area contributed by atoms with Gasteiger partial charge in [0, 0.05) is 23.6 Å². The zero-order valence-electron chi connectivity index (χ0n) is 16.6. The number of pyridine rings is 1. The van der Waals surface area contributed by atoms with Crippen molar-refractivity contribution >= 4 is 11.6 Å². The number of nitrogens with zero attached hydrogens (tertiary/aromatic N) is 1. The standard InChI is InChI=1S/C24H27N3O2/c1-18-6-5-9-22(26-18)16-24(29)27-21-12-10-19(11-13-21)14-15-25-17-23(28)20-7-3-2-4-8-20/h2-13,23,25,28H,14-17H2,1H3,(H,27,29)/t23-/m0/s1. The molecule has 0 saturated heterocycles. The summed E-state index contributed by atoms with van der Waals surface area (Å²) in [5, 5.41) is 16.3. The van der Waals surface area contributed by atoms with Crippen molar-refractivity contribution in [3.8, 4) is 0 Å². The summed E-state index contributed by atoms with van der Waals surface area (Å²) in [5.41, 5.74) is 4.54. The molecule has 150 valence electrons. The smallest absolute Gasteiger partial charge is 0.230 e.